The molecule has 1 fully saturated rings. The van der Waals surface area contributed by atoms with Crippen LogP contribution in [-0.4, -0.2) is 25.2 Å². The number of carbonyl (C=O) groups excluding carboxylic acids is 1. The zero-order valence-electron chi connectivity index (χ0n) is 8.16. The Labute approximate surface area is 101 Å². The first-order valence-electron chi connectivity index (χ1n) is 4.89. The van der Waals surface area contributed by atoms with Gasteiger partial charge in [0.15, 0.2) is 0 Å². The Kier molecular flexibility index (Phi) is 3.77. The number of hydrogen-bond donors (Lipinski definition) is 1. The molecule has 1 aromatic heterocycles. The summed E-state index contributed by atoms with van der Waals surface area (Å²) in [4.78, 5) is 12.6. The number of ether oxygens (including phenoxy) is 1. The maximum absolute atomic E-state index is 11.8. The molecule has 1 aromatic rings. The topological polar surface area (TPSA) is 38.3 Å². The number of amides is 1. The minimum Gasteiger partial charge on any atom is -0.381 e. The zero-order valence-corrected chi connectivity index (χ0v) is 10.6. The third kappa shape index (κ3) is 2.80. The highest BCUT2D eigenvalue weighted by atomic mass is 79.9. The molecule has 0 saturated carbocycles. The molecule has 1 aliphatic heterocycles. The molecule has 15 heavy (non-hydrogen) atoms. The Morgan fingerprint density at radius 3 is 2.87 bits per heavy atom. The molecular weight excluding hydrogens is 278 g/mol. The molecule has 5 heteroatoms. The minimum absolute atomic E-state index is 0.0174. The maximum atomic E-state index is 11.8. The van der Waals surface area contributed by atoms with Crippen molar-refractivity contribution in [3.8, 4) is 0 Å². The lowest BCUT2D eigenvalue weighted by molar-refractivity contribution is 0.0698. The van der Waals surface area contributed by atoms with E-state index in [4.69, 9.17) is 4.74 Å². The smallest absolute Gasteiger partial charge is 0.262 e. The number of rotatable bonds is 2. The number of hydrogen-bond acceptors (Lipinski definition) is 3. The summed E-state index contributed by atoms with van der Waals surface area (Å²) < 4.78 is 6.11. The van der Waals surface area contributed by atoms with Crippen LogP contribution in [0.3, 0.4) is 0 Å². The van der Waals surface area contributed by atoms with E-state index in [0.29, 0.717) is 0 Å². The standard InChI is InChI=1S/C10H12BrNO2S/c11-8-3-6-15-9(8)10(13)12-7-1-4-14-5-2-7/h3,6-7H,1-2,4-5H2,(H,12,13). The van der Waals surface area contributed by atoms with Crippen LogP contribution in [0.25, 0.3) is 0 Å². The lowest BCUT2D eigenvalue weighted by Crippen LogP contribution is -2.38. The Hall–Kier alpha value is -0.390. The normalized spacial score (nSPS) is 17.7. The Balaban J connectivity index is 1.94. The van der Waals surface area contributed by atoms with Crippen molar-refractivity contribution in [1.82, 2.24) is 5.32 Å². The van der Waals surface area contributed by atoms with E-state index in [1.807, 2.05) is 11.4 Å². The van der Waals surface area contributed by atoms with Crippen LogP contribution in [0.1, 0.15) is 22.5 Å². The van der Waals surface area contributed by atoms with Crippen LogP contribution >= 0.6 is 27.3 Å². The molecule has 2 heterocycles. The van der Waals surface area contributed by atoms with Crippen molar-refractivity contribution in [3.05, 3.63) is 20.8 Å². The second-order valence-electron chi connectivity index (χ2n) is 3.46. The van der Waals surface area contributed by atoms with Gasteiger partial charge in [0.2, 0.25) is 0 Å². The van der Waals surface area contributed by atoms with Gasteiger partial charge in [-0.2, -0.15) is 0 Å². The monoisotopic (exact) mass is 289 g/mol. The highest BCUT2D eigenvalue weighted by Crippen LogP contribution is 2.22. The van der Waals surface area contributed by atoms with Crippen LogP contribution < -0.4 is 5.32 Å². The summed E-state index contributed by atoms with van der Waals surface area (Å²) in [5.74, 6) is 0.0174. The number of carbonyl (C=O) groups is 1. The lowest BCUT2D eigenvalue weighted by Gasteiger charge is -2.22. The molecular formula is C10H12BrNO2S. The molecule has 0 aromatic carbocycles. The Morgan fingerprint density at radius 2 is 2.27 bits per heavy atom. The van der Waals surface area contributed by atoms with Crippen LogP contribution in [0, 0.1) is 0 Å². The second kappa shape index (κ2) is 5.09. The van der Waals surface area contributed by atoms with E-state index in [9.17, 15) is 4.79 Å². The van der Waals surface area contributed by atoms with Crippen molar-refractivity contribution in [2.75, 3.05) is 13.2 Å². The molecule has 1 saturated heterocycles. The molecule has 0 atom stereocenters. The van der Waals surface area contributed by atoms with Gasteiger partial charge in [0.25, 0.3) is 5.91 Å². The van der Waals surface area contributed by atoms with Crippen molar-refractivity contribution in [1.29, 1.82) is 0 Å². The van der Waals surface area contributed by atoms with Crippen LogP contribution in [0.2, 0.25) is 0 Å². The fraction of sp³-hybridized carbons (Fsp3) is 0.500. The highest BCUT2D eigenvalue weighted by Gasteiger charge is 2.18. The van der Waals surface area contributed by atoms with Gasteiger partial charge in [-0.25, -0.2) is 0 Å². The van der Waals surface area contributed by atoms with Gasteiger partial charge >= 0.3 is 0 Å². The molecule has 0 spiro atoms. The SMILES string of the molecule is O=C(NC1CCOCC1)c1sccc1Br. The predicted molar refractivity (Wildman–Crippen MR) is 63.3 cm³/mol. The van der Waals surface area contributed by atoms with Crippen molar-refractivity contribution >= 4 is 33.2 Å². The van der Waals surface area contributed by atoms with E-state index in [2.05, 4.69) is 21.2 Å². The second-order valence-corrected chi connectivity index (χ2v) is 5.23. The summed E-state index contributed by atoms with van der Waals surface area (Å²) in [5, 5.41) is 4.93. The average molecular weight is 290 g/mol. The molecule has 3 nitrogen and oxygen atoms in total. The Morgan fingerprint density at radius 1 is 1.53 bits per heavy atom. The summed E-state index contributed by atoms with van der Waals surface area (Å²) in [6, 6.07) is 2.16. The molecule has 1 amide bonds. The van der Waals surface area contributed by atoms with E-state index in [-0.39, 0.29) is 11.9 Å². The quantitative estimate of drug-likeness (QED) is 0.908. The first kappa shape index (κ1) is 11.1. The zero-order chi connectivity index (χ0) is 10.7. The Bertz CT molecular complexity index is 347. The van der Waals surface area contributed by atoms with Crippen molar-refractivity contribution in [2.24, 2.45) is 0 Å². The first-order chi connectivity index (χ1) is 7.27. The molecule has 0 bridgehead atoms. The summed E-state index contributed by atoms with van der Waals surface area (Å²) in [7, 11) is 0. The molecule has 1 N–H and O–H groups in total. The third-order valence-corrected chi connectivity index (χ3v) is 4.22. The van der Waals surface area contributed by atoms with Gasteiger partial charge in [0.05, 0.1) is 0 Å². The fourth-order valence-corrected chi connectivity index (χ4v) is 3.00. The molecule has 1 aliphatic rings. The van der Waals surface area contributed by atoms with E-state index < -0.39 is 0 Å². The molecule has 0 aliphatic carbocycles. The van der Waals surface area contributed by atoms with E-state index in [1.54, 1.807) is 0 Å². The van der Waals surface area contributed by atoms with Crippen molar-refractivity contribution in [3.63, 3.8) is 0 Å². The van der Waals surface area contributed by atoms with Gasteiger partial charge in [-0.3, -0.25) is 4.79 Å². The van der Waals surface area contributed by atoms with Gasteiger partial charge in [-0.05, 0) is 40.2 Å². The van der Waals surface area contributed by atoms with Gasteiger partial charge in [0, 0.05) is 23.7 Å². The number of halogens is 1. The van der Waals surface area contributed by atoms with Gasteiger partial charge in [-0.1, -0.05) is 0 Å². The summed E-state index contributed by atoms with van der Waals surface area (Å²) in [6.07, 6.45) is 1.82. The average Bonchev–Trinajstić information content (AvgIpc) is 2.66. The van der Waals surface area contributed by atoms with Crippen LogP contribution in [0.15, 0.2) is 15.9 Å². The van der Waals surface area contributed by atoms with Crippen molar-refractivity contribution < 1.29 is 9.53 Å². The maximum Gasteiger partial charge on any atom is 0.262 e. The summed E-state index contributed by atoms with van der Waals surface area (Å²) in [5.41, 5.74) is 0. The number of thiophene rings is 1. The summed E-state index contributed by atoms with van der Waals surface area (Å²) in [6.45, 7) is 1.49. The van der Waals surface area contributed by atoms with Crippen molar-refractivity contribution in [2.45, 2.75) is 18.9 Å². The van der Waals surface area contributed by atoms with Crippen LogP contribution in [0.4, 0.5) is 0 Å². The molecule has 0 radical (unpaired) electrons. The summed E-state index contributed by atoms with van der Waals surface area (Å²) >= 11 is 4.81. The van der Waals surface area contributed by atoms with E-state index >= 15 is 0 Å². The largest absolute Gasteiger partial charge is 0.381 e. The van der Waals surface area contributed by atoms with E-state index in [1.165, 1.54) is 11.3 Å². The van der Waals surface area contributed by atoms with Gasteiger partial charge in [0.1, 0.15) is 4.88 Å². The lowest BCUT2D eigenvalue weighted by atomic mass is 10.1. The van der Waals surface area contributed by atoms with Crippen LogP contribution in [0.5, 0.6) is 0 Å². The van der Waals surface area contributed by atoms with E-state index in [0.717, 1.165) is 35.4 Å². The molecule has 2 rings (SSSR count). The molecule has 0 unspecified atom stereocenters. The van der Waals surface area contributed by atoms with Gasteiger partial charge < -0.3 is 10.1 Å². The van der Waals surface area contributed by atoms with Crippen LogP contribution in [-0.2, 0) is 4.74 Å². The molecule has 82 valence electrons. The first-order valence-corrected chi connectivity index (χ1v) is 6.56. The fourth-order valence-electron chi connectivity index (χ4n) is 1.55. The predicted octanol–water partition coefficient (Wildman–Crippen LogP) is 2.42. The highest BCUT2D eigenvalue weighted by molar-refractivity contribution is 9.10. The number of nitrogens with one attached hydrogen (secondary N) is 1. The third-order valence-electron chi connectivity index (χ3n) is 2.38. The minimum atomic E-state index is 0.0174. The van der Waals surface area contributed by atoms with Gasteiger partial charge in [-0.15, -0.1) is 11.3 Å².